The number of piperidine rings is 1. The lowest BCUT2D eigenvalue weighted by atomic mass is 10.1. The van der Waals surface area contributed by atoms with Crippen molar-refractivity contribution in [2.45, 2.75) is 32.1 Å². The quantitative estimate of drug-likeness (QED) is 0.674. The van der Waals surface area contributed by atoms with E-state index < -0.39 is 0 Å². The molecule has 4 nitrogen and oxygen atoms in total. The number of hydrogen-bond acceptors (Lipinski definition) is 4. The Morgan fingerprint density at radius 2 is 2.00 bits per heavy atom. The zero-order chi connectivity index (χ0) is 18.4. The second kappa shape index (κ2) is 9.70. The largest absolute Gasteiger partial charge is 0.351 e. The minimum absolute atomic E-state index is 0.0970. The molecule has 2 aromatic rings. The van der Waals surface area contributed by atoms with Crippen molar-refractivity contribution >= 4 is 40.4 Å². The highest BCUT2D eigenvalue weighted by Crippen LogP contribution is 2.24. The van der Waals surface area contributed by atoms with Gasteiger partial charge in [-0.15, -0.1) is 11.3 Å². The van der Waals surface area contributed by atoms with E-state index in [4.69, 9.17) is 23.2 Å². The molecule has 1 amide bonds. The molecule has 2 heterocycles. The van der Waals surface area contributed by atoms with Crippen LogP contribution in [0.2, 0.25) is 10.0 Å². The predicted molar refractivity (Wildman–Crippen MR) is 109 cm³/mol. The van der Waals surface area contributed by atoms with Crippen molar-refractivity contribution in [3.8, 4) is 0 Å². The summed E-state index contributed by atoms with van der Waals surface area (Å²) in [7, 11) is 0. The molecule has 3 rings (SSSR count). The zero-order valence-electron chi connectivity index (χ0n) is 14.6. The molecule has 1 aliphatic rings. The summed E-state index contributed by atoms with van der Waals surface area (Å²) in [5.41, 5.74) is 1.52. The lowest BCUT2D eigenvalue weighted by Gasteiger charge is -2.26. The molecule has 0 saturated carbocycles. The van der Waals surface area contributed by atoms with Gasteiger partial charge in [-0.1, -0.05) is 35.7 Å². The second-order valence-electron chi connectivity index (χ2n) is 6.56. The Morgan fingerprint density at radius 3 is 2.77 bits per heavy atom. The molecule has 0 radical (unpaired) electrons. The number of nitrogens with one attached hydrogen (secondary N) is 1. The van der Waals surface area contributed by atoms with Crippen molar-refractivity contribution in [2.75, 3.05) is 26.2 Å². The van der Waals surface area contributed by atoms with Crippen LogP contribution in [0.4, 0.5) is 0 Å². The lowest BCUT2D eigenvalue weighted by Crippen LogP contribution is -2.33. The molecule has 0 bridgehead atoms. The third kappa shape index (κ3) is 5.68. The van der Waals surface area contributed by atoms with Gasteiger partial charge in [-0.3, -0.25) is 4.79 Å². The Labute approximate surface area is 168 Å². The van der Waals surface area contributed by atoms with Crippen molar-refractivity contribution in [1.82, 2.24) is 15.2 Å². The van der Waals surface area contributed by atoms with Gasteiger partial charge in [-0.05, 0) is 56.6 Å². The van der Waals surface area contributed by atoms with Crippen LogP contribution in [0.15, 0.2) is 23.6 Å². The van der Waals surface area contributed by atoms with E-state index in [1.165, 1.54) is 43.7 Å². The Kier molecular flexibility index (Phi) is 7.32. The molecule has 1 fully saturated rings. The van der Waals surface area contributed by atoms with E-state index in [0.717, 1.165) is 23.5 Å². The summed E-state index contributed by atoms with van der Waals surface area (Å²) in [5.74, 6) is -0.0970. The highest BCUT2D eigenvalue weighted by Gasteiger charge is 2.12. The number of rotatable bonds is 7. The number of amides is 1. The molecule has 1 N–H and O–H groups in total. The summed E-state index contributed by atoms with van der Waals surface area (Å²) in [6.45, 7) is 4.13. The number of halogens is 2. The molecule has 0 atom stereocenters. The SMILES string of the molecule is O=C(NCCCN1CCCCC1)c1csc(Cc2ccc(Cl)c(Cl)c2)n1. The maximum Gasteiger partial charge on any atom is 0.270 e. The van der Waals surface area contributed by atoms with Crippen molar-refractivity contribution in [1.29, 1.82) is 0 Å². The first kappa shape index (κ1) is 19.6. The normalized spacial score (nSPS) is 15.2. The minimum Gasteiger partial charge on any atom is -0.351 e. The molecule has 26 heavy (non-hydrogen) atoms. The van der Waals surface area contributed by atoms with Gasteiger partial charge in [-0.25, -0.2) is 4.98 Å². The number of thiazole rings is 1. The molecule has 7 heteroatoms. The monoisotopic (exact) mass is 411 g/mol. The fourth-order valence-electron chi connectivity index (χ4n) is 3.10. The average Bonchev–Trinajstić information content (AvgIpc) is 3.11. The van der Waals surface area contributed by atoms with Gasteiger partial charge in [-0.2, -0.15) is 0 Å². The van der Waals surface area contributed by atoms with Crippen molar-refractivity contribution in [3.05, 3.63) is 49.9 Å². The highest BCUT2D eigenvalue weighted by molar-refractivity contribution is 7.09. The first-order valence-corrected chi connectivity index (χ1v) is 10.6. The predicted octanol–water partition coefficient (Wildman–Crippen LogP) is 4.65. The van der Waals surface area contributed by atoms with Crippen molar-refractivity contribution in [2.24, 2.45) is 0 Å². The summed E-state index contributed by atoms with van der Waals surface area (Å²) in [6.07, 6.45) is 5.57. The van der Waals surface area contributed by atoms with Gasteiger partial charge in [0, 0.05) is 18.3 Å². The minimum atomic E-state index is -0.0970. The van der Waals surface area contributed by atoms with Gasteiger partial charge in [0.2, 0.25) is 0 Å². The molecule has 0 aliphatic carbocycles. The summed E-state index contributed by atoms with van der Waals surface area (Å²) in [5, 5.41) is 6.75. The van der Waals surface area contributed by atoms with E-state index in [1.807, 2.05) is 17.5 Å². The van der Waals surface area contributed by atoms with Gasteiger partial charge >= 0.3 is 0 Å². The summed E-state index contributed by atoms with van der Waals surface area (Å²) >= 11 is 13.5. The molecule has 1 saturated heterocycles. The topological polar surface area (TPSA) is 45.2 Å². The third-order valence-corrected chi connectivity index (χ3v) is 6.10. The number of likely N-dealkylation sites (tertiary alicyclic amines) is 1. The molecule has 1 aromatic carbocycles. The van der Waals surface area contributed by atoms with Gasteiger partial charge in [0.25, 0.3) is 5.91 Å². The Morgan fingerprint density at radius 1 is 1.19 bits per heavy atom. The highest BCUT2D eigenvalue weighted by atomic mass is 35.5. The Balaban J connectivity index is 1.44. The maximum absolute atomic E-state index is 12.2. The number of hydrogen-bond donors (Lipinski definition) is 1. The van der Waals surface area contributed by atoms with Gasteiger partial charge < -0.3 is 10.2 Å². The van der Waals surface area contributed by atoms with E-state index >= 15 is 0 Å². The van der Waals surface area contributed by atoms with Crippen LogP contribution in [0, 0.1) is 0 Å². The van der Waals surface area contributed by atoms with E-state index in [0.29, 0.717) is 28.7 Å². The average molecular weight is 412 g/mol. The fourth-order valence-corrected chi connectivity index (χ4v) is 4.23. The van der Waals surface area contributed by atoms with Crippen molar-refractivity contribution < 1.29 is 4.79 Å². The Hall–Kier alpha value is -1.14. The molecule has 0 unspecified atom stereocenters. The first-order chi connectivity index (χ1) is 12.6. The van der Waals surface area contributed by atoms with Crippen LogP contribution in [-0.2, 0) is 6.42 Å². The summed E-state index contributed by atoms with van der Waals surface area (Å²) in [6, 6.07) is 5.55. The summed E-state index contributed by atoms with van der Waals surface area (Å²) in [4.78, 5) is 19.2. The first-order valence-electron chi connectivity index (χ1n) is 9.01. The van der Waals surface area contributed by atoms with Crippen LogP contribution < -0.4 is 5.32 Å². The smallest absolute Gasteiger partial charge is 0.270 e. The molecular weight excluding hydrogens is 389 g/mol. The van der Waals surface area contributed by atoms with E-state index in [2.05, 4.69) is 15.2 Å². The van der Waals surface area contributed by atoms with Crippen LogP contribution in [0.1, 0.15) is 46.7 Å². The van der Waals surface area contributed by atoms with Crippen LogP contribution in [-0.4, -0.2) is 42.0 Å². The molecule has 0 spiro atoms. The summed E-state index contributed by atoms with van der Waals surface area (Å²) < 4.78 is 0. The number of aromatic nitrogens is 1. The molecular formula is C19H23Cl2N3OS. The third-order valence-electron chi connectivity index (χ3n) is 4.51. The van der Waals surface area contributed by atoms with E-state index in [-0.39, 0.29) is 5.91 Å². The number of benzene rings is 1. The molecule has 1 aromatic heterocycles. The van der Waals surface area contributed by atoms with Gasteiger partial charge in [0.1, 0.15) is 5.69 Å². The maximum atomic E-state index is 12.2. The van der Waals surface area contributed by atoms with Crippen molar-refractivity contribution in [3.63, 3.8) is 0 Å². The van der Waals surface area contributed by atoms with Gasteiger partial charge in [0.05, 0.1) is 15.1 Å². The number of carbonyl (C=O) groups excluding carboxylic acids is 1. The fraction of sp³-hybridized carbons (Fsp3) is 0.474. The van der Waals surface area contributed by atoms with Gasteiger partial charge in [0.15, 0.2) is 0 Å². The van der Waals surface area contributed by atoms with E-state index in [1.54, 1.807) is 6.07 Å². The van der Waals surface area contributed by atoms with E-state index in [9.17, 15) is 4.79 Å². The zero-order valence-corrected chi connectivity index (χ0v) is 17.0. The number of carbonyl (C=O) groups is 1. The van der Waals surface area contributed by atoms with Crippen LogP contribution in [0.3, 0.4) is 0 Å². The molecule has 140 valence electrons. The van der Waals surface area contributed by atoms with Crippen LogP contribution >= 0.6 is 34.5 Å². The molecule has 1 aliphatic heterocycles. The second-order valence-corrected chi connectivity index (χ2v) is 8.32. The van der Waals surface area contributed by atoms with Crippen LogP contribution in [0.5, 0.6) is 0 Å². The lowest BCUT2D eigenvalue weighted by molar-refractivity contribution is 0.0946. The van der Waals surface area contributed by atoms with Crippen LogP contribution in [0.25, 0.3) is 0 Å². The number of nitrogens with zero attached hydrogens (tertiary/aromatic N) is 2. The Bertz CT molecular complexity index is 744. The standard InChI is InChI=1S/C19H23Cl2N3OS/c20-15-6-5-14(11-16(15)21)12-18-23-17(13-26-18)19(25)22-7-4-10-24-8-2-1-3-9-24/h5-6,11,13H,1-4,7-10,12H2,(H,22,25).